The van der Waals surface area contributed by atoms with Gasteiger partial charge in [-0.1, -0.05) is 36.4 Å². The SMILES string of the molecule is CC(O)c1ccc2ccccc2c1O. The minimum absolute atomic E-state index is 0.179. The summed E-state index contributed by atoms with van der Waals surface area (Å²) in [4.78, 5) is 0. The fourth-order valence-electron chi connectivity index (χ4n) is 1.61. The van der Waals surface area contributed by atoms with Crippen molar-refractivity contribution in [1.82, 2.24) is 0 Å². The minimum atomic E-state index is -0.639. The molecule has 0 saturated heterocycles. The molecule has 0 aliphatic rings. The van der Waals surface area contributed by atoms with E-state index in [0.717, 1.165) is 10.8 Å². The van der Waals surface area contributed by atoms with E-state index in [9.17, 15) is 10.2 Å². The smallest absolute Gasteiger partial charge is 0.129 e. The zero-order valence-electron chi connectivity index (χ0n) is 7.94. The van der Waals surface area contributed by atoms with E-state index in [1.807, 2.05) is 30.3 Å². The summed E-state index contributed by atoms with van der Waals surface area (Å²) in [6.45, 7) is 1.64. The van der Waals surface area contributed by atoms with Gasteiger partial charge >= 0.3 is 0 Å². The van der Waals surface area contributed by atoms with Crippen LogP contribution in [-0.2, 0) is 0 Å². The quantitative estimate of drug-likeness (QED) is 0.722. The van der Waals surface area contributed by atoms with E-state index in [1.54, 1.807) is 13.0 Å². The Morgan fingerprint density at radius 1 is 1.07 bits per heavy atom. The lowest BCUT2D eigenvalue weighted by Gasteiger charge is -2.09. The molecule has 0 radical (unpaired) electrons. The first-order valence-electron chi connectivity index (χ1n) is 4.59. The van der Waals surface area contributed by atoms with Gasteiger partial charge in [0.05, 0.1) is 6.10 Å². The van der Waals surface area contributed by atoms with Crippen LogP contribution in [0.2, 0.25) is 0 Å². The van der Waals surface area contributed by atoms with Crippen molar-refractivity contribution in [3.63, 3.8) is 0 Å². The Morgan fingerprint density at radius 3 is 2.50 bits per heavy atom. The zero-order chi connectivity index (χ0) is 10.1. The summed E-state index contributed by atoms with van der Waals surface area (Å²) in [5.74, 6) is 0.179. The van der Waals surface area contributed by atoms with Gasteiger partial charge < -0.3 is 10.2 Å². The molecule has 1 unspecified atom stereocenters. The molecule has 0 fully saturated rings. The first-order chi connectivity index (χ1) is 6.70. The van der Waals surface area contributed by atoms with Crippen LogP contribution >= 0.6 is 0 Å². The number of phenols is 1. The van der Waals surface area contributed by atoms with Crippen LogP contribution in [0.5, 0.6) is 5.75 Å². The third-order valence-corrected chi connectivity index (χ3v) is 2.38. The maximum atomic E-state index is 9.86. The van der Waals surface area contributed by atoms with Gasteiger partial charge in [0.2, 0.25) is 0 Å². The van der Waals surface area contributed by atoms with Gasteiger partial charge in [0, 0.05) is 10.9 Å². The third-order valence-electron chi connectivity index (χ3n) is 2.38. The fraction of sp³-hybridized carbons (Fsp3) is 0.167. The monoisotopic (exact) mass is 188 g/mol. The van der Waals surface area contributed by atoms with Gasteiger partial charge in [-0.05, 0) is 12.3 Å². The molecule has 0 aliphatic heterocycles. The molecule has 0 aliphatic carbocycles. The summed E-state index contributed by atoms with van der Waals surface area (Å²) in [6, 6.07) is 11.2. The van der Waals surface area contributed by atoms with Gasteiger partial charge in [-0.3, -0.25) is 0 Å². The molecule has 0 spiro atoms. The van der Waals surface area contributed by atoms with E-state index >= 15 is 0 Å². The second-order valence-electron chi connectivity index (χ2n) is 3.40. The van der Waals surface area contributed by atoms with E-state index in [-0.39, 0.29) is 5.75 Å². The van der Waals surface area contributed by atoms with Crippen molar-refractivity contribution in [3.05, 3.63) is 42.0 Å². The summed E-state index contributed by atoms with van der Waals surface area (Å²) in [6.07, 6.45) is -0.639. The lowest BCUT2D eigenvalue weighted by Crippen LogP contribution is -1.91. The summed E-state index contributed by atoms with van der Waals surface area (Å²) in [5, 5.41) is 21.0. The van der Waals surface area contributed by atoms with Gasteiger partial charge in [-0.25, -0.2) is 0 Å². The molecule has 0 bridgehead atoms. The maximum absolute atomic E-state index is 9.86. The van der Waals surface area contributed by atoms with Crippen molar-refractivity contribution in [1.29, 1.82) is 0 Å². The molecule has 14 heavy (non-hydrogen) atoms. The van der Waals surface area contributed by atoms with E-state index in [2.05, 4.69) is 0 Å². The van der Waals surface area contributed by atoms with Crippen LogP contribution in [0.4, 0.5) is 0 Å². The number of aliphatic hydroxyl groups is 1. The van der Waals surface area contributed by atoms with Crippen LogP contribution < -0.4 is 0 Å². The molecule has 2 heteroatoms. The largest absolute Gasteiger partial charge is 0.507 e. The third kappa shape index (κ3) is 1.34. The molecule has 0 saturated carbocycles. The van der Waals surface area contributed by atoms with Gasteiger partial charge in [0.1, 0.15) is 5.75 Å². The molecule has 2 rings (SSSR count). The average molecular weight is 188 g/mol. The number of benzene rings is 2. The van der Waals surface area contributed by atoms with Crippen LogP contribution in [0.3, 0.4) is 0 Å². The second-order valence-corrected chi connectivity index (χ2v) is 3.40. The molecular weight excluding hydrogens is 176 g/mol. The highest BCUT2D eigenvalue weighted by Gasteiger charge is 2.09. The molecule has 2 aromatic rings. The summed E-state index contributed by atoms with van der Waals surface area (Å²) >= 11 is 0. The predicted molar refractivity (Wildman–Crippen MR) is 56.2 cm³/mol. The topological polar surface area (TPSA) is 40.5 Å². The summed E-state index contributed by atoms with van der Waals surface area (Å²) in [5.41, 5.74) is 0.573. The van der Waals surface area contributed by atoms with Crippen molar-refractivity contribution in [3.8, 4) is 5.75 Å². The Labute approximate surface area is 82.4 Å². The number of phenolic OH excluding ortho intramolecular Hbond substituents is 1. The molecular formula is C12H12O2. The molecule has 72 valence electrons. The van der Waals surface area contributed by atoms with E-state index in [4.69, 9.17) is 0 Å². The average Bonchev–Trinajstić information content (AvgIpc) is 2.18. The van der Waals surface area contributed by atoms with Crippen LogP contribution in [0.1, 0.15) is 18.6 Å². The summed E-state index contributed by atoms with van der Waals surface area (Å²) in [7, 11) is 0. The van der Waals surface area contributed by atoms with Crippen LogP contribution in [0.15, 0.2) is 36.4 Å². The van der Waals surface area contributed by atoms with Crippen molar-refractivity contribution in [2.24, 2.45) is 0 Å². The Balaban J connectivity index is 2.75. The van der Waals surface area contributed by atoms with Crippen molar-refractivity contribution in [2.45, 2.75) is 13.0 Å². The highest BCUT2D eigenvalue weighted by Crippen LogP contribution is 2.31. The number of hydrogen-bond donors (Lipinski definition) is 2. The van der Waals surface area contributed by atoms with Crippen molar-refractivity contribution in [2.75, 3.05) is 0 Å². The van der Waals surface area contributed by atoms with Crippen LogP contribution in [0.25, 0.3) is 10.8 Å². The van der Waals surface area contributed by atoms with Gasteiger partial charge in [-0.2, -0.15) is 0 Å². The van der Waals surface area contributed by atoms with Crippen LogP contribution in [-0.4, -0.2) is 10.2 Å². The first-order valence-corrected chi connectivity index (χ1v) is 4.59. The highest BCUT2D eigenvalue weighted by atomic mass is 16.3. The standard InChI is InChI=1S/C12H12O2/c1-8(13)10-7-6-9-4-2-3-5-11(9)12(10)14/h2-8,13-14H,1H3. The molecule has 1 atom stereocenters. The lowest BCUT2D eigenvalue weighted by atomic mass is 10.0. The second kappa shape index (κ2) is 3.31. The molecule has 2 N–H and O–H groups in total. The lowest BCUT2D eigenvalue weighted by molar-refractivity contribution is 0.195. The normalized spacial score (nSPS) is 13.0. The Hall–Kier alpha value is -1.54. The van der Waals surface area contributed by atoms with Gasteiger partial charge in [0.25, 0.3) is 0 Å². The molecule has 2 aromatic carbocycles. The number of fused-ring (bicyclic) bond motifs is 1. The number of aromatic hydroxyl groups is 1. The Kier molecular flexibility index (Phi) is 2.14. The fourth-order valence-corrected chi connectivity index (χ4v) is 1.61. The molecule has 0 aromatic heterocycles. The van der Waals surface area contributed by atoms with E-state index < -0.39 is 6.10 Å². The number of aliphatic hydroxyl groups excluding tert-OH is 1. The van der Waals surface area contributed by atoms with Gasteiger partial charge in [-0.15, -0.1) is 0 Å². The van der Waals surface area contributed by atoms with Crippen molar-refractivity contribution >= 4 is 10.8 Å². The van der Waals surface area contributed by atoms with Crippen LogP contribution in [0, 0.1) is 0 Å². The first kappa shape index (κ1) is 9.03. The predicted octanol–water partition coefficient (Wildman–Crippen LogP) is 2.60. The Bertz CT molecular complexity index is 461. The zero-order valence-corrected chi connectivity index (χ0v) is 7.94. The van der Waals surface area contributed by atoms with E-state index in [0.29, 0.717) is 5.56 Å². The molecule has 0 heterocycles. The number of rotatable bonds is 1. The number of hydrogen-bond acceptors (Lipinski definition) is 2. The van der Waals surface area contributed by atoms with E-state index in [1.165, 1.54) is 0 Å². The van der Waals surface area contributed by atoms with Gasteiger partial charge in [0.15, 0.2) is 0 Å². The molecule has 0 amide bonds. The highest BCUT2D eigenvalue weighted by molar-refractivity contribution is 5.89. The maximum Gasteiger partial charge on any atom is 0.129 e. The Morgan fingerprint density at radius 2 is 1.79 bits per heavy atom. The molecule has 2 nitrogen and oxygen atoms in total. The summed E-state index contributed by atoms with van der Waals surface area (Å²) < 4.78 is 0. The minimum Gasteiger partial charge on any atom is -0.507 e. The van der Waals surface area contributed by atoms with Crippen molar-refractivity contribution < 1.29 is 10.2 Å².